The quantitative estimate of drug-likeness (QED) is 0.804. The molecular weight excluding hydrogens is 328 g/mol. The van der Waals surface area contributed by atoms with E-state index in [1.165, 1.54) is 11.0 Å². The summed E-state index contributed by atoms with van der Waals surface area (Å²) < 4.78 is 5.64. The molecule has 0 unspecified atom stereocenters. The van der Waals surface area contributed by atoms with Crippen LogP contribution in [0.1, 0.15) is 19.4 Å². The maximum Gasteiger partial charge on any atom is 0.247 e. The SMILES string of the molecule is CCNC(=O)CN(CC)C(=O)/C=C/C1=Cc2cc(Cl)ccc2OC1. The lowest BCUT2D eigenvalue weighted by Gasteiger charge is -2.19. The van der Waals surface area contributed by atoms with Crippen LogP contribution in [0.4, 0.5) is 0 Å². The van der Waals surface area contributed by atoms with Crippen LogP contribution in [0.15, 0.2) is 35.9 Å². The molecule has 128 valence electrons. The molecule has 1 aromatic rings. The average Bonchev–Trinajstić information content (AvgIpc) is 2.57. The number of likely N-dealkylation sites (N-methyl/N-ethyl adjacent to an activating group) is 2. The summed E-state index contributed by atoms with van der Waals surface area (Å²) in [5.41, 5.74) is 1.75. The zero-order valence-corrected chi connectivity index (χ0v) is 14.6. The molecule has 1 aromatic carbocycles. The van der Waals surface area contributed by atoms with Crippen LogP contribution < -0.4 is 10.1 Å². The Labute approximate surface area is 146 Å². The number of halogens is 1. The van der Waals surface area contributed by atoms with Gasteiger partial charge in [0, 0.05) is 29.8 Å². The molecule has 2 rings (SSSR count). The monoisotopic (exact) mass is 348 g/mol. The number of nitrogens with zero attached hydrogens (tertiary/aromatic N) is 1. The van der Waals surface area contributed by atoms with E-state index in [0.29, 0.717) is 24.7 Å². The van der Waals surface area contributed by atoms with Gasteiger partial charge in [-0.15, -0.1) is 0 Å². The minimum absolute atomic E-state index is 0.0570. The second kappa shape index (κ2) is 8.55. The first-order valence-electron chi connectivity index (χ1n) is 7.90. The van der Waals surface area contributed by atoms with Crippen LogP contribution in [0, 0.1) is 0 Å². The van der Waals surface area contributed by atoms with Crippen LogP contribution in [0.25, 0.3) is 6.08 Å². The first-order valence-corrected chi connectivity index (χ1v) is 8.27. The molecule has 1 N–H and O–H groups in total. The zero-order chi connectivity index (χ0) is 17.5. The van der Waals surface area contributed by atoms with E-state index in [4.69, 9.17) is 16.3 Å². The molecule has 0 atom stereocenters. The summed E-state index contributed by atoms with van der Waals surface area (Å²) >= 11 is 5.98. The second-order valence-corrected chi connectivity index (χ2v) is 5.77. The van der Waals surface area contributed by atoms with Crippen LogP contribution in [0.5, 0.6) is 5.75 Å². The Kier molecular flexibility index (Phi) is 6.44. The Morgan fingerprint density at radius 3 is 2.88 bits per heavy atom. The van der Waals surface area contributed by atoms with Crippen LogP contribution in [0.3, 0.4) is 0 Å². The molecule has 5 nitrogen and oxygen atoms in total. The summed E-state index contributed by atoms with van der Waals surface area (Å²) in [5, 5.41) is 3.32. The van der Waals surface area contributed by atoms with Gasteiger partial charge >= 0.3 is 0 Å². The molecular formula is C18H21ClN2O3. The van der Waals surface area contributed by atoms with Gasteiger partial charge in [-0.25, -0.2) is 0 Å². The Morgan fingerprint density at radius 2 is 2.17 bits per heavy atom. The molecule has 0 bridgehead atoms. The highest BCUT2D eigenvalue weighted by molar-refractivity contribution is 6.30. The Hall–Kier alpha value is -2.27. The molecule has 0 fully saturated rings. The van der Waals surface area contributed by atoms with Crippen molar-refractivity contribution in [3.63, 3.8) is 0 Å². The minimum Gasteiger partial charge on any atom is -0.488 e. The predicted octanol–water partition coefficient (Wildman–Crippen LogP) is 2.66. The van der Waals surface area contributed by atoms with Crippen molar-refractivity contribution in [3.05, 3.63) is 46.5 Å². The number of hydrogen-bond donors (Lipinski definition) is 1. The highest BCUT2D eigenvalue weighted by Crippen LogP contribution is 2.29. The van der Waals surface area contributed by atoms with Crippen molar-refractivity contribution >= 4 is 29.5 Å². The molecule has 2 amide bonds. The number of carbonyl (C=O) groups is 2. The number of fused-ring (bicyclic) bond motifs is 1. The molecule has 0 aromatic heterocycles. The molecule has 1 aliphatic rings. The number of hydrogen-bond acceptors (Lipinski definition) is 3. The van der Waals surface area contributed by atoms with Gasteiger partial charge in [-0.2, -0.15) is 0 Å². The third-order valence-electron chi connectivity index (χ3n) is 3.55. The smallest absolute Gasteiger partial charge is 0.247 e. The van der Waals surface area contributed by atoms with Crippen molar-refractivity contribution in [1.29, 1.82) is 0 Å². The van der Waals surface area contributed by atoms with Crippen LogP contribution >= 0.6 is 11.6 Å². The second-order valence-electron chi connectivity index (χ2n) is 5.33. The average molecular weight is 349 g/mol. The van der Waals surface area contributed by atoms with Crippen molar-refractivity contribution in [3.8, 4) is 5.75 Å². The lowest BCUT2D eigenvalue weighted by atomic mass is 10.1. The molecule has 6 heteroatoms. The number of benzene rings is 1. The van der Waals surface area contributed by atoms with E-state index in [1.807, 2.05) is 32.1 Å². The Bertz CT molecular complexity index is 683. The van der Waals surface area contributed by atoms with E-state index in [0.717, 1.165) is 16.9 Å². The minimum atomic E-state index is -0.207. The van der Waals surface area contributed by atoms with Crippen molar-refractivity contribution in [2.24, 2.45) is 0 Å². The normalized spacial score (nSPS) is 13.0. The number of ether oxygens (including phenoxy) is 1. The topological polar surface area (TPSA) is 58.6 Å². The summed E-state index contributed by atoms with van der Waals surface area (Å²) in [7, 11) is 0. The fraction of sp³-hybridized carbons (Fsp3) is 0.333. The number of nitrogens with one attached hydrogen (secondary N) is 1. The third-order valence-corrected chi connectivity index (χ3v) is 3.78. The zero-order valence-electron chi connectivity index (χ0n) is 13.8. The molecule has 24 heavy (non-hydrogen) atoms. The van der Waals surface area contributed by atoms with Crippen LogP contribution in [0.2, 0.25) is 5.02 Å². The van der Waals surface area contributed by atoms with Gasteiger partial charge < -0.3 is 15.0 Å². The summed E-state index contributed by atoms with van der Waals surface area (Å²) in [6.45, 7) is 5.14. The van der Waals surface area contributed by atoms with Gasteiger partial charge in [-0.3, -0.25) is 9.59 Å². The van der Waals surface area contributed by atoms with E-state index in [2.05, 4.69) is 5.32 Å². The molecule has 1 aliphatic heterocycles. The maximum atomic E-state index is 12.2. The van der Waals surface area contributed by atoms with Crippen molar-refractivity contribution < 1.29 is 14.3 Å². The molecule has 0 radical (unpaired) electrons. The van der Waals surface area contributed by atoms with Gasteiger partial charge in [0.2, 0.25) is 11.8 Å². The van der Waals surface area contributed by atoms with Gasteiger partial charge in [0.1, 0.15) is 12.4 Å². The lowest BCUT2D eigenvalue weighted by molar-refractivity contribution is -0.132. The van der Waals surface area contributed by atoms with Gasteiger partial charge in [0.15, 0.2) is 0 Å². The Balaban J connectivity index is 2.04. The van der Waals surface area contributed by atoms with E-state index in [-0.39, 0.29) is 18.4 Å². The van der Waals surface area contributed by atoms with Gasteiger partial charge in [0.05, 0.1) is 6.54 Å². The first-order chi connectivity index (χ1) is 11.5. The Morgan fingerprint density at radius 1 is 1.38 bits per heavy atom. The fourth-order valence-electron chi connectivity index (χ4n) is 2.32. The molecule has 1 heterocycles. The van der Waals surface area contributed by atoms with E-state index in [1.54, 1.807) is 12.1 Å². The van der Waals surface area contributed by atoms with Crippen molar-refractivity contribution in [2.75, 3.05) is 26.2 Å². The van der Waals surface area contributed by atoms with Gasteiger partial charge in [-0.05, 0) is 43.7 Å². The molecule has 0 saturated heterocycles. The van der Waals surface area contributed by atoms with E-state index < -0.39 is 0 Å². The van der Waals surface area contributed by atoms with E-state index >= 15 is 0 Å². The highest BCUT2D eigenvalue weighted by Gasteiger charge is 2.14. The summed E-state index contributed by atoms with van der Waals surface area (Å²) in [4.78, 5) is 25.3. The number of carbonyl (C=O) groups excluding carboxylic acids is 2. The number of amides is 2. The lowest BCUT2D eigenvalue weighted by Crippen LogP contribution is -2.39. The largest absolute Gasteiger partial charge is 0.488 e. The van der Waals surface area contributed by atoms with Crippen molar-refractivity contribution in [2.45, 2.75) is 13.8 Å². The van der Waals surface area contributed by atoms with Crippen LogP contribution in [-0.4, -0.2) is 43.0 Å². The molecule has 0 spiro atoms. The molecule has 0 saturated carbocycles. The highest BCUT2D eigenvalue weighted by atomic mass is 35.5. The number of rotatable bonds is 6. The molecule has 0 aliphatic carbocycles. The van der Waals surface area contributed by atoms with Gasteiger partial charge in [0.25, 0.3) is 0 Å². The summed E-state index contributed by atoms with van der Waals surface area (Å²) in [6, 6.07) is 5.42. The summed E-state index contributed by atoms with van der Waals surface area (Å²) in [5.74, 6) is 0.403. The summed E-state index contributed by atoms with van der Waals surface area (Å²) in [6.07, 6.45) is 5.12. The van der Waals surface area contributed by atoms with Crippen LogP contribution in [-0.2, 0) is 9.59 Å². The predicted molar refractivity (Wildman–Crippen MR) is 95.0 cm³/mol. The standard InChI is InChI=1S/C18H21ClN2O3/c1-3-20-17(22)11-21(4-2)18(23)8-5-13-9-14-10-15(19)6-7-16(14)24-12-13/h5-10H,3-4,11-12H2,1-2H3,(H,20,22)/b8-5+. The van der Waals surface area contributed by atoms with Gasteiger partial charge in [-0.1, -0.05) is 17.7 Å². The third kappa shape index (κ3) is 4.86. The van der Waals surface area contributed by atoms with E-state index in [9.17, 15) is 9.59 Å². The fourth-order valence-corrected chi connectivity index (χ4v) is 2.50. The maximum absolute atomic E-state index is 12.2. The van der Waals surface area contributed by atoms with Crippen molar-refractivity contribution in [1.82, 2.24) is 10.2 Å². The first kappa shape index (κ1) is 18.1.